The highest BCUT2D eigenvalue weighted by atomic mass is 16.4. The maximum atomic E-state index is 12.0. The van der Waals surface area contributed by atoms with Crippen molar-refractivity contribution in [1.29, 1.82) is 0 Å². The second kappa shape index (κ2) is 6.61. The number of carboxylic acid groups (broad SMARTS) is 1. The van der Waals surface area contributed by atoms with Crippen LogP contribution in [0.2, 0.25) is 0 Å². The Kier molecular flexibility index (Phi) is 4.83. The van der Waals surface area contributed by atoms with Crippen molar-refractivity contribution in [3.63, 3.8) is 0 Å². The summed E-state index contributed by atoms with van der Waals surface area (Å²) in [6, 6.07) is 6.15. The Bertz CT molecular complexity index is 530. The van der Waals surface area contributed by atoms with E-state index < -0.39 is 5.97 Å². The molecule has 2 rings (SSSR count). The number of benzene rings is 1. The average Bonchev–Trinajstić information content (AvgIpc) is 2.42. The van der Waals surface area contributed by atoms with Crippen LogP contribution in [0.4, 0.5) is 10.5 Å². The van der Waals surface area contributed by atoms with Crippen LogP contribution in [-0.4, -0.2) is 23.1 Å². The normalized spacial score (nSPS) is 25.1. The third-order valence-corrected chi connectivity index (χ3v) is 4.12. The molecule has 0 radical (unpaired) electrons. The molecule has 0 saturated heterocycles. The van der Waals surface area contributed by atoms with Crippen LogP contribution in [0.15, 0.2) is 24.3 Å². The summed E-state index contributed by atoms with van der Waals surface area (Å²) in [5, 5.41) is 14.6. The van der Waals surface area contributed by atoms with Gasteiger partial charge >= 0.3 is 12.0 Å². The van der Waals surface area contributed by atoms with Crippen molar-refractivity contribution >= 4 is 17.7 Å². The summed E-state index contributed by atoms with van der Waals surface area (Å²) in [5.41, 5.74) is 0.650. The molecule has 3 unspecified atom stereocenters. The zero-order chi connectivity index (χ0) is 15.4. The highest BCUT2D eigenvalue weighted by Crippen LogP contribution is 2.28. The highest BCUT2D eigenvalue weighted by molar-refractivity contribution is 5.93. The fourth-order valence-corrected chi connectivity index (χ4v) is 2.95. The Morgan fingerprint density at radius 3 is 2.67 bits per heavy atom. The number of rotatable bonds is 3. The predicted molar refractivity (Wildman–Crippen MR) is 81.5 cm³/mol. The molecule has 1 aromatic carbocycles. The van der Waals surface area contributed by atoms with Gasteiger partial charge in [-0.2, -0.15) is 0 Å². The lowest BCUT2D eigenvalue weighted by Crippen LogP contribution is -2.44. The Balaban J connectivity index is 1.92. The summed E-state index contributed by atoms with van der Waals surface area (Å²) in [6.45, 7) is 4.40. The minimum Gasteiger partial charge on any atom is -0.478 e. The predicted octanol–water partition coefficient (Wildman–Crippen LogP) is 3.33. The van der Waals surface area contributed by atoms with E-state index in [0.717, 1.165) is 19.3 Å². The van der Waals surface area contributed by atoms with E-state index in [1.165, 1.54) is 12.1 Å². The van der Waals surface area contributed by atoms with Gasteiger partial charge in [0.05, 0.1) is 5.56 Å². The zero-order valence-corrected chi connectivity index (χ0v) is 12.4. The number of anilines is 1. The number of carbonyl (C=O) groups excluding carboxylic acids is 1. The number of hydrogen-bond donors (Lipinski definition) is 3. The number of hydrogen-bond acceptors (Lipinski definition) is 2. The van der Waals surface area contributed by atoms with E-state index in [-0.39, 0.29) is 17.6 Å². The molecule has 5 nitrogen and oxygen atoms in total. The first-order valence-electron chi connectivity index (χ1n) is 7.36. The van der Waals surface area contributed by atoms with E-state index in [2.05, 4.69) is 24.5 Å². The van der Waals surface area contributed by atoms with Crippen molar-refractivity contribution in [2.24, 2.45) is 11.8 Å². The third kappa shape index (κ3) is 4.21. The van der Waals surface area contributed by atoms with Gasteiger partial charge in [-0.25, -0.2) is 9.59 Å². The SMILES string of the molecule is CC1CCC(NC(=O)Nc2cccc(C(=O)O)c2)C(C)C1. The molecule has 2 amide bonds. The zero-order valence-electron chi connectivity index (χ0n) is 12.4. The lowest BCUT2D eigenvalue weighted by Gasteiger charge is -2.33. The lowest BCUT2D eigenvalue weighted by atomic mass is 9.80. The summed E-state index contributed by atoms with van der Waals surface area (Å²) in [4.78, 5) is 22.9. The number of carbonyl (C=O) groups is 2. The Labute approximate surface area is 124 Å². The van der Waals surface area contributed by atoms with E-state index >= 15 is 0 Å². The Hall–Kier alpha value is -2.04. The minimum absolute atomic E-state index is 0.160. The second-order valence-electron chi connectivity index (χ2n) is 5.99. The van der Waals surface area contributed by atoms with Gasteiger partial charge in [0, 0.05) is 11.7 Å². The van der Waals surface area contributed by atoms with Crippen molar-refractivity contribution < 1.29 is 14.7 Å². The third-order valence-electron chi connectivity index (χ3n) is 4.12. The van der Waals surface area contributed by atoms with Crippen molar-refractivity contribution in [3.8, 4) is 0 Å². The molecule has 1 fully saturated rings. The van der Waals surface area contributed by atoms with E-state index in [1.807, 2.05) is 0 Å². The molecule has 5 heteroatoms. The van der Waals surface area contributed by atoms with E-state index in [1.54, 1.807) is 12.1 Å². The summed E-state index contributed by atoms with van der Waals surface area (Å²) in [7, 11) is 0. The summed E-state index contributed by atoms with van der Waals surface area (Å²) < 4.78 is 0. The number of carboxylic acids is 1. The number of aromatic carboxylic acids is 1. The van der Waals surface area contributed by atoms with Crippen LogP contribution in [0.5, 0.6) is 0 Å². The first-order valence-corrected chi connectivity index (χ1v) is 7.36. The molecule has 0 aliphatic heterocycles. The van der Waals surface area contributed by atoms with E-state index in [4.69, 9.17) is 5.11 Å². The molecule has 0 heterocycles. The largest absolute Gasteiger partial charge is 0.478 e. The number of urea groups is 1. The minimum atomic E-state index is -1.01. The van der Waals surface area contributed by atoms with Crippen molar-refractivity contribution in [2.45, 2.75) is 39.2 Å². The fraction of sp³-hybridized carbons (Fsp3) is 0.500. The molecular formula is C16H22N2O3. The number of nitrogens with one attached hydrogen (secondary N) is 2. The van der Waals surface area contributed by atoms with Gasteiger partial charge in [-0.3, -0.25) is 0 Å². The van der Waals surface area contributed by atoms with Gasteiger partial charge in [-0.1, -0.05) is 19.9 Å². The molecule has 1 aliphatic carbocycles. The number of amides is 2. The van der Waals surface area contributed by atoms with Crippen LogP contribution in [0.25, 0.3) is 0 Å². The molecular weight excluding hydrogens is 268 g/mol. The molecule has 3 N–H and O–H groups in total. The molecule has 0 bridgehead atoms. The molecule has 1 aromatic rings. The quantitative estimate of drug-likeness (QED) is 0.799. The van der Waals surface area contributed by atoms with Crippen LogP contribution in [0, 0.1) is 11.8 Å². The molecule has 0 spiro atoms. The summed E-state index contributed by atoms with van der Waals surface area (Å²) >= 11 is 0. The molecule has 1 saturated carbocycles. The fourth-order valence-electron chi connectivity index (χ4n) is 2.95. The van der Waals surface area contributed by atoms with Gasteiger partial charge in [-0.05, 0) is 49.3 Å². The monoisotopic (exact) mass is 290 g/mol. The van der Waals surface area contributed by atoms with Crippen molar-refractivity contribution in [3.05, 3.63) is 29.8 Å². The van der Waals surface area contributed by atoms with Gasteiger partial charge in [0.25, 0.3) is 0 Å². The van der Waals surface area contributed by atoms with Crippen LogP contribution in [-0.2, 0) is 0 Å². The summed E-state index contributed by atoms with van der Waals surface area (Å²) in [6.07, 6.45) is 3.24. The molecule has 1 aliphatic rings. The van der Waals surface area contributed by atoms with Gasteiger partial charge in [0.2, 0.25) is 0 Å². The highest BCUT2D eigenvalue weighted by Gasteiger charge is 2.26. The van der Waals surface area contributed by atoms with Gasteiger partial charge in [0.15, 0.2) is 0 Å². The van der Waals surface area contributed by atoms with Gasteiger partial charge in [0.1, 0.15) is 0 Å². The van der Waals surface area contributed by atoms with E-state index in [9.17, 15) is 9.59 Å². The lowest BCUT2D eigenvalue weighted by molar-refractivity contribution is 0.0697. The first-order chi connectivity index (χ1) is 9.95. The Morgan fingerprint density at radius 2 is 2.00 bits per heavy atom. The van der Waals surface area contributed by atoms with Crippen LogP contribution in [0.1, 0.15) is 43.5 Å². The second-order valence-corrected chi connectivity index (χ2v) is 5.99. The molecule has 3 atom stereocenters. The first kappa shape index (κ1) is 15.4. The molecule has 0 aromatic heterocycles. The van der Waals surface area contributed by atoms with Crippen molar-refractivity contribution in [2.75, 3.05) is 5.32 Å². The van der Waals surface area contributed by atoms with Crippen molar-refractivity contribution in [1.82, 2.24) is 5.32 Å². The maximum Gasteiger partial charge on any atom is 0.335 e. The van der Waals surface area contributed by atoms with E-state index in [0.29, 0.717) is 17.5 Å². The van der Waals surface area contributed by atoms with Gasteiger partial charge in [-0.15, -0.1) is 0 Å². The van der Waals surface area contributed by atoms with Crippen LogP contribution >= 0.6 is 0 Å². The molecule has 114 valence electrons. The average molecular weight is 290 g/mol. The van der Waals surface area contributed by atoms with Crippen LogP contribution < -0.4 is 10.6 Å². The topological polar surface area (TPSA) is 78.4 Å². The molecule has 21 heavy (non-hydrogen) atoms. The standard InChI is InChI=1S/C16H22N2O3/c1-10-6-7-14(11(2)8-10)18-16(21)17-13-5-3-4-12(9-13)15(19)20/h3-5,9-11,14H,6-8H2,1-2H3,(H,19,20)(H2,17,18,21). The van der Waals surface area contributed by atoms with Gasteiger partial charge < -0.3 is 15.7 Å². The maximum absolute atomic E-state index is 12.0. The van der Waals surface area contributed by atoms with Crippen LogP contribution in [0.3, 0.4) is 0 Å². The summed E-state index contributed by atoms with van der Waals surface area (Å²) in [5.74, 6) is 0.173. The Morgan fingerprint density at radius 1 is 1.24 bits per heavy atom. The smallest absolute Gasteiger partial charge is 0.335 e.